The second-order valence-corrected chi connectivity index (χ2v) is 8.30. The van der Waals surface area contributed by atoms with Gasteiger partial charge in [-0.25, -0.2) is 0 Å². The number of benzene rings is 2. The van der Waals surface area contributed by atoms with Gasteiger partial charge in [0.05, 0.1) is 57.5 Å². The number of rotatable bonds is 6. The van der Waals surface area contributed by atoms with Gasteiger partial charge in [0.1, 0.15) is 18.7 Å². The van der Waals surface area contributed by atoms with E-state index in [1.165, 1.54) is 4.90 Å². The first-order valence-electron chi connectivity index (χ1n) is 11.1. The Kier molecular flexibility index (Phi) is 5.78. The molecule has 0 saturated carbocycles. The Labute approximate surface area is 191 Å². The van der Waals surface area contributed by atoms with Gasteiger partial charge in [0.15, 0.2) is 16.9 Å². The van der Waals surface area contributed by atoms with E-state index in [-0.39, 0.29) is 17.1 Å². The molecule has 5 rings (SSSR count). The zero-order chi connectivity index (χ0) is 22.9. The van der Waals surface area contributed by atoms with Crippen molar-refractivity contribution in [1.29, 1.82) is 0 Å². The van der Waals surface area contributed by atoms with Gasteiger partial charge in [-0.05, 0) is 29.8 Å². The lowest BCUT2D eigenvalue weighted by Crippen LogP contribution is -3.14. The summed E-state index contributed by atoms with van der Waals surface area (Å²) in [5, 5.41) is 0.468. The molecule has 2 aliphatic heterocycles. The van der Waals surface area contributed by atoms with Crippen LogP contribution in [0.5, 0.6) is 11.5 Å². The van der Waals surface area contributed by atoms with Crippen LogP contribution in [0, 0.1) is 0 Å². The van der Waals surface area contributed by atoms with E-state index in [1.807, 2.05) is 12.1 Å². The largest absolute Gasteiger partial charge is 0.493 e. The van der Waals surface area contributed by atoms with E-state index in [0.717, 1.165) is 25.2 Å². The molecular formula is C25H27N2O6+. The molecule has 2 aromatic carbocycles. The fraction of sp³-hybridized carbons (Fsp3) is 0.360. The number of carbonyl (C=O) groups excluding carboxylic acids is 1. The number of hydrogen-bond acceptors (Lipinski definition) is 6. The molecule has 2 aliphatic rings. The molecule has 0 unspecified atom stereocenters. The summed E-state index contributed by atoms with van der Waals surface area (Å²) < 4.78 is 22.3. The number of quaternary nitrogens is 1. The van der Waals surface area contributed by atoms with Gasteiger partial charge >= 0.3 is 0 Å². The molecule has 3 aromatic rings. The molecule has 0 radical (unpaired) electrons. The number of nitrogens with one attached hydrogen (secondary N) is 1. The predicted octanol–water partition coefficient (Wildman–Crippen LogP) is 1.27. The number of ether oxygens (including phenoxy) is 3. The van der Waals surface area contributed by atoms with Crippen LogP contribution in [0.1, 0.15) is 27.7 Å². The maximum atomic E-state index is 13.6. The third-order valence-electron chi connectivity index (χ3n) is 6.50. The van der Waals surface area contributed by atoms with Crippen LogP contribution >= 0.6 is 0 Å². The molecule has 0 aliphatic carbocycles. The van der Waals surface area contributed by atoms with Gasteiger partial charge in [-0.1, -0.05) is 18.2 Å². The number of fused-ring (bicyclic) bond motifs is 2. The first-order chi connectivity index (χ1) is 16.1. The molecule has 172 valence electrons. The minimum atomic E-state index is -0.561. The number of morpholine rings is 1. The van der Waals surface area contributed by atoms with Gasteiger partial charge in [0.2, 0.25) is 5.76 Å². The Balaban J connectivity index is 1.61. The summed E-state index contributed by atoms with van der Waals surface area (Å²) in [5.74, 6) is 0.983. The van der Waals surface area contributed by atoms with Gasteiger partial charge in [0.25, 0.3) is 5.91 Å². The Hall–Kier alpha value is -3.36. The van der Waals surface area contributed by atoms with Gasteiger partial charge in [-0.2, -0.15) is 0 Å². The number of amides is 1. The van der Waals surface area contributed by atoms with E-state index in [0.29, 0.717) is 47.8 Å². The Morgan fingerprint density at radius 1 is 1.03 bits per heavy atom. The van der Waals surface area contributed by atoms with Crippen molar-refractivity contribution >= 4 is 16.9 Å². The third-order valence-corrected chi connectivity index (χ3v) is 6.50. The molecule has 1 atom stereocenters. The average Bonchev–Trinajstić information content (AvgIpc) is 3.14. The lowest BCUT2D eigenvalue weighted by atomic mass is 9.98. The van der Waals surface area contributed by atoms with Crippen LogP contribution in [0.25, 0.3) is 11.0 Å². The fourth-order valence-electron chi connectivity index (χ4n) is 4.76. The zero-order valence-corrected chi connectivity index (χ0v) is 18.8. The summed E-state index contributed by atoms with van der Waals surface area (Å²) in [4.78, 5) is 30.2. The van der Waals surface area contributed by atoms with Crippen molar-refractivity contribution in [2.24, 2.45) is 0 Å². The van der Waals surface area contributed by atoms with Crippen molar-refractivity contribution in [3.05, 3.63) is 69.6 Å². The molecule has 8 nitrogen and oxygen atoms in total. The summed E-state index contributed by atoms with van der Waals surface area (Å²) in [6.07, 6.45) is 0. The van der Waals surface area contributed by atoms with Crippen LogP contribution in [0.2, 0.25) is 0 Å². The van der Waals surface area contributed by atoms with E-state index in [4.69, 9.17) is 18.6 Å². The van der Waals surface area contributed by atoms with Crippen LogP contribution in [0.4, 0.5) is 0 Å². The first kappa shape index (κ1) is 21.5. The Bertz CT molecular complexity index is 1250. The van der Waals surface area contributed by atoms with Crippen LogP contribution in [0.3, 0.4) is 0 Å². The highest BCUT2D eigenvalue weighted by molar-refractivity contribution is 5.99. The fourth-order valence-corrected chi connectivity index (χ4v) is 4.76. The van der Waals surface area contributed by atoms with Crippen LogP contribution in [-0.2, 0) is 4.74 Å². The summed E-state index contributed by atoms with van der Waals surface area (Å²) >= 11 is 0. The highest BCUT2D eigenvalue weighted by atomic mass is 16.5. The zero-order valence-electron chi connectivity index (χ0n) is 18.8. The molecule has 1 amide bonds. The number of para-hydroxylation sites is 1. The minimum absolute atomic E-state index is 0.121. The van der Waals surface area contributed by atoms with Crippen molar-refractivity contribution in [3.63, 3.8) is 0 Å². The van der Waals surface area contributed by atoms with E-state index in [1.54, 1.807) is 49.5 Å². The number of methoxy groups -OCH3 is 2. The number of nitrogens with zero attached hydrogens (tertiary/aromatic N) is 1. The molecule has 1 N–H and O–H groups in total. The lowest BCUT2D eigenvalue weighted by molar-refractivity contribution is -0.907. The average molecular weight is 451 g/mol. The van der Waals surface area contributed by atoms with E-state index in [2.05, 4.69) is 0 Å². The number of hydrogen-bond donors (Lipinski definition) is 1. The highest BCUT2D eigenvalue weighted by Gasteiger charge is 2.43. The second kappa shape index (κ2) is 8.88. The second-order valence-electron chi connectivity index (χ2n) is 8.30. The quantitative estimate of drug-likeness (QED) is 0.608. The van der Waals surface area contributed by atoms with Crippen molar-refractivity contribution in [2.45, 2.75) is 6.04 Å². The molecule has 1 aromatic heterocycles. The van der Waals surface area contributed by atoms with E-state index < -0.39 is 6.04 Å². The summed E-state index contributed by atoms with van der Waals surface area (Å²) in [6, 6.07) is 12.0. The van der Waals surface area contributed by atoms with Gasteiger partial charge in [-0.3, -0.25) is 9.59 Å². The number of carbonyl (C=O) groups is 1. The Morgan fingerprint density at radius 2 is 1.79 bits per heavy atom. The first-order valence-corrected chi connectivity index (χ1v) is 11.1. The van der Waals surface area contributed by atoms with Gasteiger partial charge in [0, 0.05) is 0 Å². The van der Waals surface area contributed by atoms with E-state index >= 15 is 0 Å². The topological polar surface area (TPSA) is 82.7 Å². The summed E-state index contributed by atoms with van der Waals surface area (Å²) in [5.41, 5.74) is 1.39. The molecule has 0 spiro atoms. The monoisotopic (exact) mass is 451 g/mol. The Morgan fingerprint density at radius 3 is 2.55 bits per heavy atom. The van der Waals surface area contributed by atoms with Crippen LogP contribution < -0.4 is 19.8 Å². The van der Waals surface area contributed by atoms with Gasteiger partial charge < -0.3 is 28.4 Å². The minimum Gasteiger partial charge on any atom is -0.493 e. The molecule has 8 heteroatoms. The molecule has 0 bridgehead atoms. The van der Waals surface area contributed by atoms with Crippen LogP contribution in [0.15, 0.2) is 51.7 Å². The SMILES string of the molecule is COc1ccc([C@H]2c3c(oc4ccccc4c3=O)C(=O)N2CC[NH+]2CCOCC2)cc1OC. The highest BCUT2D eigenvalue weighted by Crippen LogP contribution is 2.40. The lowest BCUT2D eigenvalue weighted by Gasteiger charge is -2.29. The predicted molar refractivity (Wildman–Crippen MR) is 121 cm³/mol. The van der Waals surface area contributed by atoms with Crippen molar-refractivity contribution in [1.82, 2.24) is 4.90 Å². The summed E-state index contributed by atoms with van der Waals surface area (Å²) in [6.45, 7) is 4.49. The molecular weight excluding hydrogens is 424 g/mol. The normalized spacial score (nSPS) is 18.5. The smallest absolute Gasteiger partial charge is 0.291 e. The molecule has 3 heterocycles. The van der Waals surface area contributed by atoms with Crippen molar-refractivity contribution < 1.29 is 28.3 Å². The van der Waals surface area contributed by atoms with Crippen LogP contribution in [-0.4, -0.2) is 64.4 Å². The van der Waals surface area contributed by atoms with Crippen molar-refractivity contribution in [3.8, 4) is 11.5 Å². The van der Waals surface area contributed by atoms with Crippen molar-refractivity contribution in [2.75, 3.05) is 53.6 Å². The van der Waals surface area contributed by atoms with E-state index in [9.17, 15) is 9.59 Å². The summed E-state index contributed by atoms with van der Waals surface area (Å²) in [7, 11) is 3.14. The maximum absolute atomic E-state index is 13.6. The molecule has 33 heavy (non-hydrogen) atoms. The maximum Gasteiger partial charge on any atom is 0.291 e. The third kappa shape index (κ3) is 3.75. The van der Waals surface area contributed by atoms with Gasteiger partial charge in [-0.15, -0.1) is 0 Å². The molecule has 1 saturated heterocycles. The standard InChI is InChI=1S/C25H26N2O6/c1-30-19-8-7-16(15-20(19)31-2)22-21-23(28)17-5-3-4-6-18(17)33-24(21)25(29)27(22)10-9-26-11-13-32-14-12-26/h3-8,15,22H,9-14H2,1-2H3/p+1/t22-/m0/s1. The molecule has 1 fully saturated rings.